The second-order valence-electron chi connectivity index (χ2n) is 2.00. The molecule has 11 heavy (non-hydrogen) atoms. The number of pyridine rings is 1. The van der Waals surface area contributed by atoms with E-state index in [4.69, 9.17) is 5.84 Å². The Balaban J connectivity index is 2.79. The average Bonchev–Trinajstić information content (AvgIpc) is 2.50. The van der Waals surface area contributed by atoms with Crippen molar-refractivity contribution in [2.45, 2.75) is 0 Å². The van der Waals surface area contributed by atoms with Crippen molar-refractivity contribution in [3.05, 3.63) is 12.3 Å². The smallest absolute Gasteiger partial charge is 0.203 e. The normalized spacial score (nSPS) is 10.3. The molecule has 0 unspecified atom stereocenters. The summed E-state index contributed by atoms with van der Waals surface area (Å²) >= 11 is 0. The molecular weight excluding hydrogens is 144 g/mol. The maximum Gasteiger partial charge on any atom is 0.203 e. The summed E-state index contributed by atoms with van der Waals surface area (Å²) in [4.78, 5) is 3.95. The molecule has 0 bridgehead atoms. The Hall–Kier alpha value is -1.69. The van der Waals surface area contributed by atoms with Crippen LogP contribution in [0.2, 0.25) is 0 Å². The highest BCUT2D eigenvalue weighted by atomic mass is 15.3. The lowest BCUT2D eigenvalue weighted by Gasteiger charge is -1.96. The van der Waals surface area contributed by atoms with Gasteiger partial charge in [0.05, 0.1) is 5.69 Å². The zero-order valence-corrected chi connectivity index (χ0v) is 5.57. The van der Waals surface area contributed by atoms with Crippen molar-refractivity contribution in [2.75, 3.05) is 5.43 Å². The molecule has 0 spiro atoms. The van der Waals surface area contributed by atoms with E-state index in [-0.39, 0.29) is 0 Å². The average molecular weight is 150 g/mol. The van der Waals surface area contributed by atoms with Crippen LogP contribution in [-0.4, -0.2) is 20.4 Å². The van der Waals surface area contributed by atoms with Crippen LogP contribution in [0.4, 0.5) is 5.69 Å². The van der Waals surface area contributed by atoms with Gasteiger partial charge in [-0.1, -0.05) is 0 Å². The molecule has 0 saturated heterocycles. The molecule has 2 aromatic rings. The summed E-state index contributed by atoms with van der Waals surface area (Å²) in [5.74, 6) is 5.22. The van der Waals surface area contributed by atoms with E-state index >= 15 is 0 Å². The van der Waals surface area contributed by atoms with Crippen LogP contribution in [0.3, 0.4) is 0 Å². The minimum atomic E-state index is 0.556. The maximum atomic E-state index is 5.22. The van der Waals surface area contributed by atoms with Crippen LogP contribution in [0.1, 0.15) is 0 Å². The molecule has 0 aromatic carbocycles. The zero-order chi connectivity index (χ0) is 7.68. The lowest BCUT2D eigenvalue weighted by atomic mass is 10.4. The number of fused-ring (bicyclic) bond motifs is 1. The quantitative estimate of drug-likeness (QED) is 0.381. The van der Waals surface area contributed by atoms with Gasteiger partial charge in [0.15, 0.2) is 5.52 Å². The summed E-state index contributed by atoms with van der Waals surface area (Å²) < 4.78 is 0. The molecule has 6 nitrogen and oxygen atoms in total. The molecule has 0 atom stereocenters. The molecule has 0 aliphatic heterocycles. The molecule has 0 amide bonds. The first-order valence-electron chi connectivity index (χ1n) is 3.04. The molecule has 0 saturated carbocycles. The summed E-state index contributed by atoms with van der Waals surface area (Å²) in [5.41, 5.74) is 4.41. The number of H-pyrrole nitrogens is 1. The van der Waals surface area contributed by atoms with Gasteiger partial charge in [-0.3, -0.25) is 5.84 Å². The Morgan fingerprint density at radius 2 is 2.36 bits per heavy atom. The summed E-state index contributed by atoms with van der Waals surface area (Å²) in [6.45, 7) is 0. The van der Waals surface area contributed by atoms with Crippen LogP contribution in [0.5, 0.6) is 0 Å². The van der Waals surface area contributed by atoms with Gasteiger partial charge in [0.25, 0.3) is 0 Å². The fourth-order valence-electron chi connectivity index (χ4n) is 0.874. The second kappa shape index (κ2) is 2.17. The van der Waals surface area contributed by atoms with Crippen LogP contribution in [-0.2, 0) is 0 Å². The highest BCUT2D eigenvalue weighted by Crippen LogP contribution is 2.14. The molecular formula is C5H6N6. The van der Waals surface area contributed by atoms with Crippen molar-refractivity contribution in [1.82, 2.24) is 20.4 Å². The summed E-state index contributed by atoms with van der Waals surface area (Å²) in [7, 11) is 0. The van der Waals surface area contributed by atoms with E-state index in [1.807, 2.05) is 0 Å². The molecule has 0 radical (unpaired) electrons. The maximum absolute atomic E-state index is 5.22. The van der Waals surface area contributed by atoms with Crippen molar-refractivity contribution in [1.29, 1.82) is 0 Å². The number of hydrogen-bond donors (Lipinski definition) is 3. The van der Waals surface area contributed by atoms with Crippen LogP contribution < -0.4 is 11.3 Å². The van der Waals surface area contributed by atoms with Gasteiger partial charge in [-0.2, -0.15) is 10.3 Å². The van der Waals surface area contributed by atoms with Crippen LogP contribution in [0.15, 0.2) is 12.3 Å². The van der Waals surface area contributed by atoms with Gasteiger partial charge in [-0.25, -0.2) is 4.98 Å². The number of hydrogen-bond acceptors (Lipinski definition) is 5. The lowest BCUT2D eigenvalue weighted by molar-refractivity contribution is 0.954. The van der Waals surface area contributed by atoms with Gasteiger partial charge in [-0.05, 0) is 6.07 Å². The van der Waals surface area contributed by atoms with Crippen LogP contribution in [0.25, 0.3) is 11.2 Å². The third kappa shape index (κ3) is 0.802. The number of rotatable bonds is 1. The van der Waals surface area contributed by atoms with Crippen molar-refractivity contribution in [3.8, 4) is 0 Å². The second-order valence-corrected chi connectivity index (χ2v) is 2.00. The SMILES string of the molecule is NNc1ccnc2n[nH]nc12. The van der Waals surface area contributed by atoms with E-state index in [9.17, 15) is 0 Å². The number of aromatic nitrogens is 4. The van der Waals surface area contributed by atoms with Gasteiger partial charge in [0, 0.05) is 6.20 Å². The minimum Gasteiger partial charge on any atom is -0.322 e. The minimum absolute atomic E-state index is 0.556. The predicted molar refractivity (Wildman–Crippen MR) is 39.5 cm³/mol. The van der Waals surface area contributed by atoms with Crippen LogP contribution in [0, 0.1) is 0 Å². The Morgan fingerprint density at radius 1 is 1.45 bits per heavy atom. The largest absolute Gasteiger partial charge is 0.322 e. The lowest BCUT2D eigenvalue weighted by Crippen LogP contribution is -2.07. The molecule has 2 heterocycles. The number of nitrogens with one attached hydrogen (secondary N) is 2. The topological polar surface area (TPSA) is 92.5 Å². The third-order valence-corrected chi connectivity index (χ3v) is 1.38. The Bertz CT molecular complexity index is 366. The van der Waals surface area contributed by atoms with E-state index in [1.165, 1.54) is 0 Å². The number of aromatic amines is 1. The predicted octanol–water partition coefficient (Wildman–Crippen LogP) is -0.362. The van der Waals surface area contributed by atoms with Crippen molar-refractivity contribution in [3.63, 3.8) is 0 Å². The molecule has 0 fully saturated rings. The molecule has 4 N–H and O–H groups in total. The third-order valence-electron chi connectivity index (χ3n) is 1.38. The summed E-state index contributed by atoms with van der Waals surface area (Å²) in [5, 5.41) is 10.1. The number of hydrazine groups is 1. The Morgan fingerprint density at radius 3 is 3.18 bits per heavy atom. The number of nitrogens with zero attached hydrogens (tertiary/aromatic N) is 3. The van der Waals surface area contributed by atoms with Crippen molar-refractivity contribution < 1.29 is 0 Å². The van der Waals surface area contributed by atoms with Gasteiger partial charge in [0.2, 0.25) is 5.65 Å². The zero-order valence-electron chi connectivity index (χ0n) is 5.57. The molecule has 0 aliphatic carbocycles. The van der Waals surface area contributed by atoms with Gasteiger partial charge in [0.1, 0.15) is 0 Å². The number of anilines is 1. The molecule has 6 heteroatoms. The molecule has 2 aromatic heterocycles. The van der Waals surface area contributed by atoms with Gasteiger partial charge >= 0.3 is 0 Å². The first-order valence-corrected chi connectivity index (χ1v) is 3.04. The highest BCUT2D eigenvalue weighted by molar-refractivity contribution is 5.83. The van der Waals surface area contributed by atoms with Crippen molar-refractivity contribution in [2.24, 2.45) is 5.84 Å². The molecule has 0 aliphatic rings. The summed E-state index contributed by atoms with van der Waals surface area (Å²) in [6.07, 6.45) is 1.61. The standard InChI is InChI=1S/C5H6N6/c6-8-3-1-2-7-5-4(3)9-11-10-5/h1-2H,6H2,(H2,7,8,9,10,11). The Kier molecular flexibility index (Phi) is 1.19. The fourth-order valence-corrected chi connectivity index (χ4v) is 0.874. The number of nitrogen functional groups attached to an aromatic ring is 1. The first kappa shape index (κ1) is 6.05. The first-order chi connectivity index (χ1) is 5.42. The van der Waals surface area contributed by atoms with E-state index in [0.29, 0.717) is 16.9 Å². The number of nitrogens with two attached hydrogens (primary N) is 1. The van der Waals surface area contributed by atoms with E-state index in [1.54, 1.807) is 12.3 Å². The van der Waals surface area contributed by atoms with Crippen molar-refractivity contribution >= 4 is 16.9 Å². The van der Waals surface area contributed by atoms with E-state index < -0.39 is 0 Å². The van der Waals surface area contributed by atoms with Crippen LogP contribution >= 0.6 is 0 Å². The monoisotopic (exact) mass is 150 g/mol. The van der Waals surface area contributed by atoms with Gasteiger partial charge < -0.3 is 5.43 Å². The van der Waals surface area contributed by atoms with Gasteiger partial charge in [-0.15, -0.1) is 5.10 Å². The molecule has 56 valence electrons. The highest BCUT2D eigenvalue weighted by Gasteiger charge is 2.02. The Labute approximate surface area is 61.8 Å². The van der Waals surface area contributed by atoms with E-state index in [0.717, 1.165) is 0 Å². The fraction of sp³-hybridized carbons (Fsp3) is 0. The molecule has 2 rings (SSSR count). The van der Waals surface area contributed by atoms with E-state index in [2.05, 4.69) is 25.8 Å². The summed E-state index contributed by atoms with van der Waals surface area (Å²) in [6, 6.07) is 1.73.